The van der Waals surface area contributed by atoms with Crippen molar-refractivity contribution in [2.45, 2.75) is 26.3 Å². The zero-order valence-corrected chi connectivity index (χ0v) is 13.1. The summed E-state index contributed by atoms with van der Waals surface area (Å²) in [5.41, 5.74) is 5.24. The molecule has 0 saturated heterocycles. The first-order chi connectivity index (χ1) is 10.3. The lowest BCUT2D eigenvalue weighted by molar-refractivity contribution is 0.399. The van der Waals surface area contributed by atoms with Gasteiger partial charge in [-0.05, 0) is 53.9 Å². The molecule has 0 fully saturated rings. The van der Waals surface area contributed by atoms with Gasteiger partial charge in [0.15, 0.2) is 5.11 Å². The van der Waals surface area contributed by atoms with Crippen LogP contribution in [0.2, 0.25) is 0 Å². The Balaban J connectivity index is 1.69. The number of aryl methyl sites for hydroxylation is 1. The topological polar surface area (TPSA) is 15.3 Å². The molecule has 1 heterocycles. The Morgan fingerprint density at radius 2 is 1.95 bits per heavy atom. The van der Waals surface area contributed by atoms with Crippen LogP contribution >= 0.6 is 12.2 Å². The van der Waals surface area contributed by atoms with E-state index in [4.69, 9.17) is 12.2 Å². The fourth-order valence-electron chi connectivity index (χ4n) is 2.74. The predicted molar refractivity (Wildman–Crippen MR) is 92.6 cm³/mol. The van der Waals surface area contributed by atoms with Crippen molar-refractivity contribution in [2.24, 2.45) is 0 Å². The third-order valence-electron chi connectivity index (χ3n) is 4.00. The van der Waals surface area contributed by atoms with Crippen LogP contribution in [0.3, 0.4) is 0 Å². The van der Waals surface area contributed by atoms with Crippen molar-refractivity contribution in [3.63, 3.8) is 0 Å². The number of thiocarbonyl (C=S) groups is 1. The molecule has 0 unspecified atom stereocenters. The van der Waals surface area contributed by atoms with E-state index >= 15 is 0 Å². The van der Waals surface area contributed by atoms with Crippen molar-refractivity contribution in [2.75, 3.05) is 11.9 Å². The normalized spacial score (nSPS) is 13.7. The standard InChI is InChI=1S/C18H20N2S/c1-2-14-6-5-9-17(12-14)19-18(21)20-11-10-15-7-3-4-8-16(15)13-20/h3-9,12H,2,10-11,13H2,1H3,(H,19,21). The summed E-state index contributed by atoms with van der Waals surface area (Å²) in [6.07, 6.45) is 2.10. The van der Waals surface area contributed by atoms with Crippen molar-refractivity contribution < 1.29 is 0 Å². The van der Waals surface area contributed by atoms with Crippen molar-refractivity contribution in [1.29, 1.82) is 0 Å². The average Bonchev–Trinajstić information content (AvgIpc) is 2.54. The lowest BCUT2D eigenvalue weighted by Gasteiger charge is -2.31. The van der Waals surface area contributed by atoms with E-state index in [2.05, 4.69) is 65.7 Å². The van der Waals surface area contributed by atoms with Crippen LogP contribution in [0.1, 0.15) is 23.6 Å². The molecule has 21 heavy (non-hydrogen) atoms. The van der Waals surface area contributed by atoms with E-state index in [1.165, 1.54) is 16.7 Å². The van der Waals surface area contributed by atoms with Crippen LogP contribution in [0.15, 0.2) is 48.5 Å². The minimum absolute atomic E-state index is 0.817. The number of hydrogen-bond donors (Lipinski definition) is 1. The van der Waals surface area contributed by atoms with E-state index in [1.54, 1.807) is 0 Å². The molecular weight excluding hydrogens is 276 g/mol. The Hall–Kier alpha value is -1.87. The van der Waals surface area contributed by atoms with Gasteiger partial charge >= 0.3 is 0 Å². The monoisotopic (exact) mass is 296 g/mol. The maximum absolute atomic E-state index is 5.58. The summed E-state index contributed by atoms with van der Waals surface area (Å²) in [5, 5.41) is 4.19. The maximum atomic E-state index is 5.58. The van der Waals surface area contributed by atoms with Gasteiger partial charge in [0.05, 0.1) is 0 Å². The van der Waals surface area contributed by atoms with Gasteiger partial charge < -0.3 is 10.2 Å². The van der Waals surface area contributed by atoms with Crippen LogP contribution in [0.25, 0.3) is 0 Å². The van der Waals surface area contributed by atoms with Crippen molar-refractivity contribution in [1.82, 2.24) is 4.90 Å². The molecule has 2 aromatic rings. The van der Waals surface area contributed by atoms with Crippen LogP contribution in [0.4, 0.5) is 5.69 Å². The third kappa shape index (κ3) is 3.24. The van der Waals surface area contributed by atoms with Crippen LogP contribution in [0, 0.1) is 0 Å². The molecule has 0 atom stereocenters. The largest absolute Gasteiger partial charge is 0.344 e. The molecule has 2 nitrogen and oxygen atoms in total. The minimum atomic E-state index is 0.817. The van der Waals surface area contributed by atoms with E-state index in [0.717, 1.165) is 36.7 Å². The molecule has 108 valence electrons. The molecule has 1 aliphatic rings. The fourth-order valence-corrected chi connectivity index (χ4v) is 3.01. The molecule has 1 aliphatic heterocycles. The zero-order chi connectivity index (χ0) is 14.7. The van der Waals surface area contributed by atoms with Crippen LogP contribution < -0.4 is 5.32 Å². The van der Waals surface area contributed by atoms with Gasteiger partial charge in [-0.3, -0.25) is 0 Å². The molecule has 0 amide bonds. The van der Waals surface area contributed by atoms with Crippen LogP contribution in [-0.2, 0) is 19.4 Å². The first kappa shape index (κ1) is 14.1. The highest BCUT2D eigenvalue weighted by Gasteiger charge is 2.17. The van der Waals surface area contributed by atoms with Gasteiger partial charge in [-0.15, -0.1) is 0 Å². The first-order valence-corrected chi connectivity index (χ1v) is 7.88. The molecule has 0 saturated carbocycles. The summed E-state index contributed by atoms with van der Waals surface area (Å²) in [7, 11) is 0. The highest BCUT2D eigenvalue weighted by atomic mass is 32.1. The van der Waals surface area contributed by atoms with E-state index in [0.29, 0.717) is 0 Å². The number of anilines is 1. The molecule has 2 aromatic carbocycles. The summed E-state index contributed by atoms with van der Waals surface area (Å²) in [6, 6.07) is 17.1. The predicted octanol–water partition coefficient (Wildman–Crippen LogP) is 4.00. The summed E-state index contributed by atoms with van der Waals surface area (Å²) in [5.74, 6) is 0. The number of hydrogen-bond acceptors (Lipinski definition) is 1. The van der Waals surface area contributed by atoms with E-state index < -0.39 is 0 Å². The summed E-state index contributed by atoms with van der Waals surface area (Å²) in [6.45, 7) is 4.05. The summed E-state index contributed by atoms with van der Waals surface area (Å²) < 4.78 is 0. The number of benzene rings is 2. The van der Waals surface area contributed by atoms with Gasteiger partial charge in [0.1, 0.15) is 0 Å². The molecule has 0 aromatic heterocycles. The second-order valence-corrected chi connectivity index (χ2v) is 5.81. The van der Waals surface area contributed by atoms with E-state index in [9.17, 15) is 0 Å². The smallest absolute Gasteiger partial charge is 0.173 e. The Kier molecular flexibility index (Phi) is 4.20. The molecule has 1 N–H and O–H groups in total. The maximum Gasteiger partial charge on any atom is 0.173 e. The summed E-state index contributed by atoms with van der Waals surface area (Å²) >= 11 is 5.58. The zero-order valence-electron chi connectivity index (χ0n) is 12.3. The van der Waals surface area contributed by atoms with Gasteiger partial charge in [-0.2, -0.15) is 0 Å². The number of nitrogens with zero attached hydrogens (tertiary/aromatic N) is 1. The molecule has 0 radical (unpaired) electrons. The SMILES string of the molecule is CCc1cccc(NC(=S)N2CCc3ccccc3C2)c1. The van der Waals surface area contributed by atoms with Gasteiger partial charge in [-0.25, -0.2) is 0 Å². The molecule has 3 heteroatoms. The van der Waals surface area contributed by atoms with E-state index in [-0.39, 0.29) is 0 Å². The highest BCUT2D eigenvalue weighted by molar-refractivity contribution is 7.80. The van der Waals surface area contributed by atoms with Gasteiger partial charge in [-0.1, -0.05) is 43.3 Å². The number of fused-ring (bicyclic) bond motifs is 1. The van der Waals surface area contributed by atoms with Gasteiger partial charge in [0, 0.05) is 18.8 Å². The third-order valence-corrected chi connectivity index (χ3v) is 4.36. The Morgan fingerprint density at radius 3 is 2.76 bits per heavy atom. The second kappa shape index (κ2) is 6.27. The van der Waals surface area contributed by atoms with Crippen LogP contribution in [0.5, 0.6) is 0 Å². The Labute approximate surface area is 131 Å². The second-order valence-electron chi connectivity index (χ2n) is 5.42. The minimum Gasteiger partial charge on any atom is -0.344 e. The van der Waals surface area contributed by atoms with E-state index in [1.807, 2.05) is 0 Å². The van der Waals surface area contributed by atoms with Crippen molar-refractivity contribution in [3.05, 3.63) is 65.2 Å². The summed E-state index contributed by atoms with van der Waals surface area (Å²) in [4.78, 5) is 2.25. The van der Waals surface area contributed by atoms with Crippen molar-refractivity contribution in [3.8, 4) is 0 Å². The Morgan fingerprint density at radius 1 is 1.14 bits per heavy atom. The Bertz CT molecular complexity index is 651. The number of nitrogens with one attached hydrogen (secondary N) is 1. The van der Waals surface area contributed by atoms with Gasteiger partial charge in [0.25, 0.3) is 0 Å². The number of rotatable bonds is 2. The molecule has 0 aliphatic carbocycles. The van der Waals surface area contributed by atoms with Gasteiger partial charge in [0.2, 0.25) is 0 Å². The first-order valence-electron chi connectivity index (χ1n) is 7.48. The lowest BCUT2D eigenvalue weighted by Crippen LogP contribution is -2.38. The fraction of sp³-hybridized carbons (Fsp3) is 0.278. The lowest BCUT2D eigenvalue weighted by atomic mass is 10.0. The molecular formula is C18H20N2S. The molecule has 0 bridgehead atoms. The molecule has 3 rings (SSSR count). The molecule has 0 spiro atoms. The highest BCUT2D eigenvalue weighted by Crippen LogP contribution is 2.20. The average molecular weight is 296 g/mol. The van der Waals surface area contributed by atoms with Crippen molar-refractivity contribution >= 4 is 23.0 Å². The van der Waals surface area contributed by atoms with Crippen LogP contribution in [-0.4, -0.2) is 16.6 Å². The quantitative estimate of drug-likeness (QED) is 0.843.